The van der Waals surface area contributed by atoms with Gasteiger partial charge in [-0.05, 0) is 27.7 Å². The number of amides is 1. The van der Waals surface area contributed by atoms with E-state index in [1.807, 2.05) is 36.6 Å². The molecule has 0 saturated heterocycles. The first-order valence-electron chi connectivity index (χ1n) is 7.04. The third kappa shape index (κ3) is 4.78. The molecule has 1 amide bonds. The molecule has 126 valence electrons. The van der Waals surface area contributed by atoms with Crippen LogP contribution in [0.3, 0.4) is 0 Å². The molecule has 1 aromatic carbocycles. The zero-order chi connectivity index (χ0) is 17.5. The van der Waals surface area contributed by atoms with E-state index < -0.39 is 17.9 Å². The van der Waals surface area contributed by atoms with Gasteiger partial charge in [-0.25, -0.2) is 14.8 Å². The summed E-state index contributed by atoms with van der Waals surface area (Å²) in [6.07, 6.45) is 3.66. The first kappa shape index (κ1) is 18.4. The van der Waals surface area contributed by atoms with Crippen LogP contribution >= 0.6 is 27.7 Å². The van der Waals surface area contributed by atoms with E-state index in [1.54, 1.807) is 0 Å². The van der Waals surface area contributed by atoms with E-state index in [2.05, 4.69) is 31.2 Å². The van der Waals surface area contributed by atoms with Gasteiger partial charge in [0.15, 0.2) is 5.16 Å². The maximum Gasteiger partial charge on any atom is 0.328 e. The van der Waals surface area contributed by atoms with Crippen LogP contribution < -0.4 is 5.32 Å². The number of nitrogens with one attached hydrogen (secondary N) is 1. The molecule has 6 nitrogen and oxygen atoms in total. The summed E-state index contributed by atoms with van der Waals surface area (Å²) in [6, 6.07) is 8.60. The molecule has 1 atom stereocenters. The Morgan fingerprint density at radius 2 is 2.04 bits per heavy atom. The summed E-state index contributed by atoms with van der Waals surface area (Å²) >= 11 is 4.59. The fourth-order valence-corrected chi connectivity index (χ4v) is 2.73. The quantitative estimate of drug-likeness (QED) is 0.448. The lowest BCUT2D eigenvalue weighted by atomic mass is 10.1. The first-order chi connectivity index (χ1) is 11.5. The van der Waals surface area contributed by atoms with Crippen molar-refractivity contribution in [2.45, 2.75) is 17.6 Å². The minimum Gasteiger partial charge on any atom is -0.467 e. The Kier molecular flexibility index (Phi) is 6.74. The van der Waals surface area contributed by atoms with Gasteiger partial charge in [-0.3, -0.25) is 4.79 Å². The van der Waals surface area contributed by atoms with Crippen molar-refractivity contribution in [1.82, 2.24) is 15.3 Å². The van der Waals surface area contributed by atoms with Gasteiger partial charge in [-0.15, -0.1) is 0 Å². The van der Waals surface area contributed by atoms with Gasteiger partial charge in [0.2, 0.25) is 0 Å². The number of ether oxygens (including phenoxy) is 1. The van der Waals surface area contributed by atoms with Crippen LogP contribution in [0.2, 0.25) is 0 Å². The third-order valence-electron chi connectivity index (χ3n) is 3.19. The van der Waals surface area contributed by atoms with Crippen LogP contribution in [0.4, 0.5) is 0 Å². The van der Waals surface area contributed by atoms with E-state index in [-0.39, 0.29) is 5.69 Å². The summed E-state index contributed by atoms with van der Waals surface area (Å²) in [5.74, 6) is -0.978. The van der Waals surface area contributed by atoms with E-state index >= 15 is 0 Å². The normalized spacial score (nSPS) is 11.6. The van der Waals surface area contributed by atoms with Crippen molar-refractivity contribution >= 4 is 39.6 Å². The number of methoxy groups -OCH3 is 1. The minimum atomic E-state index is -0.801. The maximum absolute atomic E-state index is 12.5. The van der Waals surface area contributed by atoms with Crippen molar-refractivity contribution in [3.8, 4) is 0 Å². The molecule has 2 aromatic rings. The Hall–Kier alpha value is -1.93. The number of carbonyl (C=O) groups is 2. The van der Waals surface area contributed by atoms with E-state index in [1.165, 1.54) is 25.1 Å². The molecule has 0 fully saturated rings. The smallest absolute Gasteiger partial charge is 0.328 e. The molecule has 0 saturated carbocycles. The highest BCUT2D eigenvalue weighted by Crippen LogP contribution is 2.17. The maximum atomic E-state index is 12.5. The largest absolute Gasteiger partial charge is 0.467 e. The lowest BCUT2D eigenvalue weighted by Crippen LogP contribution is -2.43. The van der Waals surface area contributed by atoms with Crippen LogP contribution in [-0.4, -0.2) is 41.3 Å². The van der Waals surface area contributed by atoms with Crippen LogP contribution in [0, 0.1) is 0 Å². The lowest BCUT2D eigenvalue weighted by molar-refractivity contribution is -0.142. The topological polar surface area (TPSA) is 81.2 Å². The van der Waals surface area contributed by atoms with E-state index in [0.29, 0.717) is 16.0 Å². The molecule has 0 aliphatic rings. The van der Waals surface area contributed by atoms with Crippen LogP contribution in [0.1, 0.15) is 16.1 Å². The number of carbonyl (C=O) groups excluding carboxylic acids is 2. The van der Waals surface area contributed by atoms with E-state index in [0.717, 1.165) is 5.56 Å². The molecule has 8 heteroatoms. The zero-order valence-electron chi connectivity index (χ0n) is 13.2. The third-order valence-corrected chi connectivity index (χ3v) is 4.34. The molecular formula is C16H16BrN3O3S. The van der Waals surface area contributed by atoms with Crippen LogP contribution in [-0.2, 0) is 16.0 Å². The summed E-state index contributed by atoms with van der Waals surface area (Å²) in [7, 11) is 1.29. The number of halogens is 1. The van der Waals surface area contributed by atoms with Gasteiger partial charge in [0.25, 0.3) is 5.91 Å². The average Bonchev–Trinajstić information content (AvgIpc) is 2.61. The molecule has 0 spiro atoms. The highest BCUT2D eigenvalue weighted by atomic mass is 79.9. The molecule has 1 aromatic heterocycles. The predicted octanol–water partition coefficient (Wildman–Crippen LogP) is 2.48. The fourth-order valence-electron chi connectivity index (χ4n) is 2.02. The Morgan fingerprint density at radius 3 is 2.67 bits per heavy atom. The monoisotopic (exact) mass is 409 g/mol. The van der Waals surface area contributed by atoms with Gasteiger partial charge in [-0.2, -0.15) is 0 Å². The van der Waals surface area contributed by atoms with Crippen LogP contribution in [0.5, 0.6) is 0 Å². The van der Waals surface area contributed by atoms with E-state index in [9.17, 15) is 9.59 Å². The minimum absolute atomic E-state index is 0.177. The second kappa shape index (κ2) is 8.79. The molecule has 0 aliphatic carbocycles. The molecular weight excluding hydrogens is 394 g/mol. The van der Waals surface area contributed by atoms with Gasteiger partial charge >= 0.3 is 5.97 Å². The van der Waals surface area contributed by atoms with Crippen molar-refractivity contribution in [2.75, 3.05) is 13.4 Å². The summed E-state index contributed by atoms with van der Waals surface area (Å²) in [6.45, 7) is 0. The van der Waals surface area contributed by atoms with E-state index in [4.69, 9.17) is 4.74 Å². The number of thioether (sulfide) groups is 1. The van der Waals surface area contributed by atoms with Crippen molar-refractivity contribution in [1.29, 1.82) is 0 Å². The number of hydrogen-bond donors (Lipinski definition) is 1. The Bertz CT molecular complexity index is 728. The highest BCUT2D eigenvalue weighted by Gasteiger charge is 2.24. The van der Waals surface area contributed by atoms with Crippen molar-refractivity contribution < 1.29 is 14.3 Å². The van der Waals surface area contributed by atoms with Crippen LogP contribution in [0.25, 0.3) is 0 Å². The first-order valence-corrected chi connectivity index (χ1v) is 9.06. The highest BCUT2D eigenvalue weighted by molar-refractivity contribution is 9.10. The molecule has 2 rings (SSSR count). The summed E-state index contributed by atoms with van der Waals surface area (Å²) in [4.78, 5) is 32.8. The number of nitrogens with zero attached hydrogens (tertiary/aromatic N) is 2. The predicted molar refractivity (Wildman–Crippen MR) is 94.9 cm³/mol. The second-order valence-electron chi connectivity index (χ2n) is 4.79. The summed E-state index contributed by atoms with van der Waals surface area (Å²) in [5.41, 5.74) is 1.09. The number of benzene rings is 1. The van der Waals surface area contributed by atoms with Gasteiger partial charge in [-0.1, -0.05) is 42.1 Å². The molecule has 0 unspecified atom stereocenters. The summed E-state index contributed by atoms with van der Waals surface area (Å²) < 4.78 is 5.25. The molecule has 1 N–H and O–H groups in total. The van der Waals surface area contributed by atoms with Crippen LogP contribution in [0.15, 0.2) is 46.2 Å². The lowest BCUT2D eigenvalue weighted by Gasteiger charge is -2.17. The van der Waals surface area contributed by atoms with Gasteiger partial charge < -0.3 is 10.1 Å². The van der Waals surface area contributed by atoms with Gasteiger partial charge in [0, 0.05) is 12.6 Å². The SMILES string of the molecule is COC(=O)[C@@H](Cc1ccccc1)NC(=O)c1nc(SC)ncc1Br. The molecule has 0 radical (unpaired) electrons. The fraction of sp³-hybridized carbons (Fsp3) is 0.250. The molecule has 0 bridgehead atoms. The van der Waals surface area contributed by atoms with Gasteiger partial charge in [0.1, 0.15) is 11.7 Å². The summed E-state index contributed by atoms with van der Waals surface area (Å²) in [5, 5.41) is 3.15. The number of aromatic nitrogens is 2. The number of hydrogen-bond acceptors (Lipinski definition) is 6. The molecule has 0 aliphatic heterocycles. The molecule has 24 heavy (non-hydrogen) atoms. The average molecular weight is 410 g/mol. The Labute approximate surface area is 152 Å². The number of esters is 1. The molecule has 1 heterocycles. The van der Waals surface area contributed by atoms with Gasteiger partial charge in [0.05, 0.1) is 11.6 Å². The Morgan fingerprint density at radius 1 is 1.33 bits per heavy atom. The number of rotatable bonds is 6. The zero-order valence-corrected chi connectivity index (χ0v) is 15.6. The second-order valence-corrected chi connectivity index (χ2v) is 6.42. The van der Waals surface area contributed by atoms with Crippen molar-refractivity contribution in [3.63, 3.8) is 0 Å². The Balaban J connectivity index is 2.20. The standard InChI is InChI=1S/C16H16BrN3O3S/c1-23-15(22)12(8-10-6-4-3-5-7-10)19-14(21)13-11(17)9-18-16(20-13)24-2/h3-7,9,12H,8H2,1-2H3,(H,19,21)/t12-/m1/s1. The van der Waals surface area contributed by atoms with Crippen molar-refractivity contribution in [2.24, 2.45) is 0 Å². The van der Waals surface area contributed by atoms with Crippen molar-refractivity contribution in [3.05, 3.63) is 52.3 Å².